The summed E-state index contributed by atoms with van der Waals surface area (Å²) < 4.78 is 0. The number of halogens is 1. The average molecular weight is 352 g/mol. The van der Waals surface area contributed by atoms with Gasteiger partial charge < -0.3 is 5.32 Å². The Labute approximate surface area is 151 Å². The van der Waals surface area contributed by atoms with Gasteiger partial charge in [-0.05, 0) is 29.5 Å². The van der Waals surface area contributed by atoms with E-state index in [-0.39, 0.29) is 29.9 Å². The van der Waals surface area contributed by atoms with Gasteiger partial charge in [-0.15, -0.1) is 0 Å². The lowest BCUT2D eigenvalue weighted by molar-refractivity contribution is -0.122. The molecule has 0 bridgehead atoms. The summed E-state index contributed by atoms with van der Waals surface area (Å²) in [6, 6.07) is 17.5. The Morgan fingerprint density at radius 1 is 0.880 bits per heavy atom. The van der Waals surface area contributed by atoms with Crippen LogP contribution in [-0.2, 0) is 9.59 Å². The third kappa shape index (κ3) is 3.00. The molecule has 1 aliphatic carbocycles. The van der Waals surface area contributed by atoms with Gasteiger partial charge in [0, 0.05) is 35.1 Å². The number of ketones is 1. The molecule has 1 aliphatic heterocycles. The van der Waals surface area contributed by atoms with E-state index in [0.717, 1.165) is 22.4 Å². The number of hydrogen-bond acceptors (Lipinski definition) is 2. The number of allylic oxidation sites excluding steroid dienone is 2. The molecule has 0 aromatic heterocycles. The fraction of sp³-hybridized carbons (Fsp3) is 0.238. The quantitative estimate of drug-likeness (QED) is 0.874. The summed E-state index contributed by atoms with van der Waals surface area (Å²) in [6.45, 7) is 0. The molecule has 0 fully saturated rings. The molecule has 2 atom stereocenters. The zero-order valence-corrected chi connectivity index (χ0v) is 14.4. The molecule has 1 N–H and O–H groups in total. The summed E-state index contributed by atoms with van der Waals surface area (Å²) in [5.41, 5.74) is 3.50. The number of carbonyl (C=O) groups excluding carboxylic acids is 2. The van der Waals surface area contributed by atoms with Crippen LogP contribution in [0.2, 0.25) is 5.02 Å². The van der Waals surface area contributed by atoms with Gasteiger partial charge in [0.2, 0.25) is 5.91 Å². The molecule has 2 aromatic rings. The first-order chi connectivity index (χ1) is 12.1. The summed E-state index contributed by atoms with van der Waals surface area (Å²) in [4.78, 5) is 25.2. The van der Waals surface area contributed by atoms with Gasteiger partial charge in [0.25, 0.3) is 0 Å². The van der Waals surface area contributed by atoms with Crippen LogP contribution in [0, 0.1) is 0 Å². The Kier molecular flexibility index (Phi) is 4.18. The molecule has 3 nitrogen and oxygen atoms in total. The average Bonchev–Trinajstić information content (AvgIpc) is 2.62. The van der Waals surface area contributed by atoms with Gasteiger partial charge in [-0.3, -0.25) is 9.59 Å². The van der Waals surface area contributed by atoms with Crippen molar-refractivity contribution < 1.29 is 9.59 Å². The SMILES string of the molecule is O=C1CC(c2ccccc2Cl)C2=C(CC(c3ccccc3)CC2=O)N1. The van der Waals surface area contributed by atoms with Gasteiger partial charge in [0.15, 0.2) is 5.78 Å². The maximum atomic E-state index is 13.0. The lowest BCUT2D eigenvalue weighted by Crippen LogP contribution is -2.38. The van der Waals surface area contributed by atoms with Crippen molar-refractivity contribution >= 4 is 23.3 Å². The number of amides is 1. The van der Waals surface area contributed by atoms with E-state index in [1.54, 1.807) is 0 Å². The summed E-state index contributed by atoms with van der Waals surface area (Å²) in [5.74, 6) is -0.0791. The molecule has 1 heterocycles. The first kappa shape index (κ1) is 16.1. The second-order valence-corrected chi connectivity index (χ2v) is 7.06. The minimum atomic E-state index is -0.248. The highest BCUT2D eigenvalue weighted by molar-refractivity contribution is 6.31. The van der Waals surface area contributed by atoms with Crippen LogP contribution in [0.1, 0.15) is 42.2 Å². The van der Waals surface area contributed by atoms with Gasteiger partial charge in [0.05, 0.1) is 0 Å². The van der Waals surface area contributed by atoms with E-state index in [1.165, 1.54) is 0 Å². The minimum Gasteiger partial charge on any atom is -0.329 e. The van der Waals surface area contributed by atoms with E-state index in [0.29, 0.717) is 17.9 Å². The normalized spacial score (nSPS) is 23.2. The van der Waals surface area contributed by atoms with Gasteiger partial charge in [-0.25, -0.2) is 0 Å². The molecule has 0 spiro atoms. The summed E-state index contributed by atoms with van der Waals surface area (Å²) >= 11 is 6.34. The molecule has 2 aliphatic rings. The molecule has 2 aromatic carbocycles. The van der Waals surface area contributed by atoms with Crippen molar-refractivity contribution in [2.75, 3.05) is 0 Å². The Hall–Kier alpha value is -2.39. The molecule has 4 heteroatoms. The van der Waals surface area contributed by atoms with Crippen molar-refractivity contribution in [1.82, 2.24) is 5.32 Å². The molecule has 0 radical (unpaired) electrons. The summed E-state index contributed by atoms with van der Waals surface area (Å²) in [7, 11) is 0. The van der Waals surface area contributed by atoms with Crippen molar-refractivity contribution in [2.24, 2.45) is 0 Å². The highest BCUT2D eigenvalue weighted by Gasteiger charge is 2.38. The molecule has 126 valence electrons. The summed E-state index contributed by atoms with van der Waals surface area (Å²) in [5, 5.41) is 3.55. The zero-order valence-electron chi connectivity index (χ0n) is 13.7. The standard InChI is InChI=1S/C21H18ClNO2/c22-17-9-5-4-8-15(17)16-12-20(25)23-18-10-14(11-19(24)21(16)18)13-6-2-1-3-7-13/h1-9,14,16H,10-12H2,(H,23,25). The zero-order chi connectivity index (χ0) is 17.4. The molecule has 0 saturated carbocycles. The fourth-order valence-electron chi connectivity index (χ4n) is 3.94. The molecule has 4 rings (SSSR count). The van der Waals surface area contributed by atoms with E-state index >= 15 is 0 Å². The third-order valence-electron chi connectivity index (χ3n) is 5.09. The first-order valence-electron chi connectivity index (χ1n) is 8.49. The van der Waals surface area contributed by atoms with Gasteiger partial charge in [-0.1, -0.05) is 60.1 Å². The van der Waals surface area contributed by atoms with Gasteiger partial charge in [0.1, 0.15) is 0 Å². The fourth-order valence-corrected chi connectivity index (χ4v) is 4.21. The van der Waals surface area contributed by atoms with Crippen LogP contribution in [0.5, 0.6) is 0 Å². The highest BCUT2D eigenvalue weighted by atomic mass is 35.5. The number of carbonyl (C=O) groups is 2. The number of nitrogens with one attached hydrogen (secondary N) is 1. The molecule has 1 amide bonds. The van der Waals surface area contributed by atoms with Crippen LogP contribution in [0.25, 0.3) is 0 Å². The lowest BCUT2D eigenvalue weighted by atomic mass is 9.73. The predicted molar refractivity (Wildman–Crippen MR) is 97.4 cm³/mol. The maximum absolute atomic E-state index is 13.0. The first-order valence-corrected chi connectivity index (χ1v) is 8.86. The second kappa shape index (κ2) is 6.49. The van der Waals surface area contributed by atoms with Crippen LogP contribution < -0.4 is 5.32 Å². The van der Waals surface area contributed by atoms with Crippen molar-refractivity contribution in [1.29, 1.82) is 0 Å². The van der Waals surface area contributed by atoms with Gasteiger partial charge in [-0.2, -0.15) is 0 Å². The van der Waals surface area contributed by atoms with E-state index in [2.05, 4.69) is 5.32 Å². The van der Waals surface area contributed by atoms with Crippen molar-refractivity contribution in [3.63, 3.8) is 0 Å². The van der Waals surface area contributed by atoms with Crippen LogP contribution in [0.4, 0.5) is 0 Å². The molecule has 25 heavy (non-hydrogen) atoms. The summed E-state index contributed by atoms with van der Waals surface area (Å²) in [6.07, 6.45) is 1.42. The smallest absolute Gasteiger partial charge is 0.225 e. The van der Waals surface area contributed by atoms with Crippen LogP contribution in [0.3, 0.4) is 0 Å². The maximum Gasteiger partial charge on any atom is 0.225 e. The Bertz CT molecular complexity index is 872. The molecule has 0 saturated heterocycles. The number of benzene rings is 2. The van der Waals surface area contributed by atoms with Crippen LogP contribution >= 0.6 is 11.6 Å². The lowest BCUT2D eigenvalue weighted by Gasteiger charge is -2.34. The molecular formula is C21H18ClNO2. The Balaban J connectivity index is 1.75. The van der Waals surface area contributed by atoms with E-state index in [9.17, 15) is 9.59 Å². The van der Waals surface area contributed by atoms with E-state index in [4.69, 9.17) is 11.6 Å². The largest absolute Gasteiger partial charge is 0.329 e. The number of hydrogen-bond donors (Lipinski definition) is 1. The molecular weight excluding hydrogens is 334 g/mol. The second-order valence-electron chi connectivity index (χ2n) is 6.66. The molecule has 2 unspecified atom stereocenters. The predicted octanol–water partition coefficient (Wildman–Crippen LogP) is 4.34. The Morgan fingerprint density at radius 2 is 1.60 bits per heavy atom. The highest BCUT2D eigenvalue weighted by Crippen LogP contribution is 2.43. The van der Waals surface area contributed by atoms with Crippen molar-refractivity contribution in [2.45, 2.75) is 31.1 Å². The van der Waals surface area contributed by atoms with Gasteiger partial charge >= 0.3 is 0 Å². The minimum absolute atomic E-state index is 0.0508. The van der Waals surface area contributed by atoms with Crippen LogP contribution in [-0.4, -0.2) is 11.7 Å². The van der Waals surface area contributed by atoms with E-state index in [1.807, 2.05) is 54.6 Å². The van der Waals surface area contributed by atoms with Crippen LogP contribution in [0.15, 0.2) is 65.9 Å². The number of rotatable bonds is 2. The topological polar surface area (TPSA) is 46.2 Å². The third-order valence-corrected chi connectivity index (χ3v) is 5.43. The Morgan fingerprint density at radius 3 is 2.36 bits per heavy atom. The van der Waals surface area contributed by atoms with Crippen molar-refractivity contribution in [3.8, 4) is 0 Å². The van der Waals surface area contributed by atoms with Crippen molar-refractivity contribution in [3.05, 3.63) is 82.0 Å². The van der Waals surface area contributed by atoms with E-state index < -0.39 is 0 Å². The number of Topliss-reactive ketones (excluding diaryl/α,β-unsaturated/α-hetero) is 1. The monoisotopic (exact) mass is 351 g/mol.